The first-order valence-electron chi connectivity index (χ1n) is 7.05. The molecule has 1 N–H and O–H groups in total. The van der Waals surface area contributed by atoms with E-state index < -0.39 is 23.1 Å². The van der Waals surface area contributed by atoms with Gasteiger partial charge in [-0.15, -0.1) is 0 Å². The molecule has 1 amide bonds. The van der Waals surface area contributed by atoms with Gasteiger partial charge in [0.25, 0.3) is 5.91 Å². The minimum atomic E-state index is -0.826. The van der Waals surface area contributed by atoms with Crippen LogP contribution in [0.4, 0.5) is 19.0 Å². The van der Waals surface area contributed by atoms with Crippen molar-refractivity contribution < 1.29 is 18.0 Å². The van der Waals surface area contributed by atoms with Crippen molar-refractivity contribution in [2.24, 2.45) is 0 Å². The molecule has 0 aliphatic rings. The number of carbonyl (C=O) groups is 1. The predicted octanol–water partition coefficient (Wildman–Crippen LogP) is 3.60. The second-order valence-electron chi connectivity index (χ2n) is 5.11. The van der Waals surface area contributed by atoms with Gasteiger partial charge >= 0.3 is 0 Å². The third kappa shape index (κ3) is 3.62. The van der Waals surface area contributed by atoms with E-state index in [1.807, 2.05) is 0 Å². The maximum Gasteiger partial charge on any atom is 0.259 e. The van der Waals surface area contributed by atoms with Crippen molar-refractivity contribution in [2.75, 3.05) is 5.32 Å². The van der Waals surface area contributed by atoms with Gasteiger partial charge in [0.05, 0.1) is 12.1 Å². The van der Waals surface area contributed by atoms with Gasteiger partial charge in [-0.1, -0.05) is 12.1 Å². The monoisotopic (exact) mass is 331 g/mol. The van der Waals surface area contributed by atoms with Crippen molar-refractivity contribution in [2.45, 2.75) is 6.54 Å². The van der Waals surface area contributed by atoms with E-state index in [1.54, 1.807) is 18.3 Å². The molecule has 0 fully saturated rings. The van der Waals surface area contributed by atoms with Gasteiger partial charge in [0.2, 0.25) is 0 Å². The molecule has 0 saturated carbocycles. The highest BCUT2D eigenvalue weighted by Gasteiger charge is 2.14. The average molecular weight is 331 g/mol. The largest absolute Gasteiger partial charge is 0.305 e. The van der Waals surface area contributed by atoms with Crippen LogP contribution >= 0.6 is 0 Å². The zero-order valence-corrected chi connectivity index (χ0v) is 12.3. The second-order valence-corrected chi connectivity index (χ2v) is 5.11. The minimum Gasteiger partial charge on any atom is -0.305 e. The fraction of sp³-hybridized carbons (Fsp3) is 0.0588. The standard InChI is InChI=1S/C17H12F3N3O/c18-12-3-1-2-11(8-12)10-23-7-6-16(22-23)21-17(24)14-9-13(19)4-5-15(14)20/h1-9H,10H2,(H,21,22,24). The summed E-state index contributed by atoms with van der Waals surface area (Å²) < 4.78 is 41.3. The van der Waals surface area contributed by atoms with Crippen molar-refractivity contribution >= 4 is 11.7 Å². The Morgan fingerprint density at radius 2 is 1.83 bits per heavy atom. The summed E-state index contributed by atoms with van der Waals surface area (Å²) in [6.45, 7) is 0.307. The molecule has 2 aromatic carbocycles. The number of benzene rings is 2. The highest BCUT2D eigenvalue weighted by Crippen LogP contribution is 2.13. The Morgan fingerprint density at radius 3 is 2.62 bits per heavy atom. The molecule has 0 radical (unpaired) electrons. The highest BCUT2D eigenvalue weighted by atomic mass is 19.1. The maximum atomic E-state index is 13.6. The molecule has 7 heteroatoms. The van der Waals surface area contributed by atoms with Gasteiger partial charge in [-0.3, -0.25) is 9.48 Å². The van der Waals surface area contributed by atoms with Gasteiger partial charge < -0.3 is 5.32 Å². The smallest absolute Gasteiger partial charge is 0.259 e. The van der Waals surface area contributed by atoms with E-state index in [1.165, 1.54) is 22.9 Å². The molecule has 0 aliphatic heterocycles. The fourth-order valence-corrected chi connectivity index (χ4v) is 2.19. The van der Waals surface area contributed by atoms with Crippen LogP contribution in [0.25, 0.3) is 0 Å². The number of halogens is 3. The summed E-state index contributed by atoms with van der Waals surface area (Å²) in [6.07, 6.45) is 1.59. The first-order valence-corrected chi connectivity index (χ1v) is 7.05. The van der Waals surface area contributed by atoms with Gasteiger partial charge in [0.15, 0.2) is 5.82 Å². The molecule has 0 aliphatic carbocycles. The first-order chi connectivity index (χ1) is 11.5. The van der Waals surface area contributed by atoms with Crippen molar-refractivity contribution in [3.63, 3.8) is 0 Å². The Balaban J connectivity index is 1.72. The number of nitrogens with zero attached hydrogens (tertiary/aromatic N) is 2. The zero-order chi connectivity index (χ0) is 17.1. The quantitative estimate of drug-likeness (QED) is 0.794. The van der Waals surface area contributed by atoms with E-state index in [2.05, 4.69) is 10.4 Å². The average Bonchev–Trinajstić information content (AvgIpc) is 2.96. The van der Waals surface area contributed by atoms with Gasteiger partial charge in [-0.2, -0.15) is 5.10 Å². The third-order valence-corrected chi connectivity index (χ3v) is 3.29. The van der Waals surface area contributed by atoms with Crippen LogP contribution in [0.5, 0.6) is 0 Å². The van der Waals surface area contributed by atoms with Crippen molar-refractivity contribution in [3.05, 3.63) is 83.3 Å². The lowest BCUT2D eigenvalue weighted by Crippen LogP contribution is -2.15. The van der Waals surface area contributed by atoms with Crippen molar-refractivity contribution in [3.8, 4) is 0 Å². The summed E-state index contributed by atoms with van der Waals surface area (Å²) in [5.41, 5.74) is 0.293. The molecule has 0 atom stereocenters. The number of nitrogens with one attached hydrogen (secondary N) is 1. The summed E-state index contributed by atoms with van der Waals surface area (Å²) in [6, 6.07) is 10.2. The summed E-state index contributed by atoms with van der Waals surface area (Å²) in [4.78, 5) is 12.0. The number of rotatable bonds is 4. The van der Waals surface area contributed by atoms with E-state index in [0.29, 0.717) is 12.1 Å². The van der Waals surface area contributed by atoms with Crippen molar-refractivity contribution in [1.82, 2.24) is 9.78 Å². The zero-order valence-electron chi connectivity index (χ0n) is 12.3. The van der Waals surface area contributed by atoms with Gasteiger partial charge in [-0.05, 0) is 35.9 Å². The van der Waals surface area contributed by atoms with Crippen LogP contribution in [0.2, 0.25) is 0 Å². The molecule has 3 rings (SSSR count). The molecule has 3 aromatic rings. The van der Waals surface area contributed by atoms with E-state index in [-0.39, 0.29) is 11.6 Å². The molecule has 0 saturated heterocycles. The molecule has 0 spiro atoms. The molecule has 0 unspecified atom stereocenters. The van der Waals surface area contributed by atoms with Crippen LogP contribution < -0.4 is 5.32 Å². The lowest BCUT2D eigenvalue weighted by atomic mass is 10.2. The Bertz CT molecular complexity index is 892. The summed E-state index contributed by atoms with van der Waals surface area (Å²) >= 11 is 0. The van der Waals surface area contributed by atoms with Crippen LogP contribution in [0.3, 0.4) is 0 Å². The Kier molecular flexibility index (Phi) is 4.33. The van der Waals surface area contributed by atoms with Crippen LogP contribution in [0.15, 0.2) is 54.7 Å². The fourth-order valence-electron chi connectivity index (χ4n) is 2.19. The molecular weight excluding hydrogens is 319 g/mol. The Labute approximate surface area is 135 Å². The summed E-state index contributed by atoms with van der Waals surface area (Å²) in [5, 5.41) is 6.49. The molecule has 0 bridgehead atoms. The van der Waals surface area contributed by atoms with E-state index in [4.69, 9.17) is 0 Å². The lowest BCUT2D eigenvalue weighted by molar-refractivity contribution is 0.102. The van der Waals surface area contributed by atoms with Crippen LogP contribution in [0.1, 0.15) is 15.9 Å². The summed E-state index contributed by atoms with van der Waals surface area (Å²) in [7, 11) is 0. The normalized spacial score (nSPS) is 10.6. The number of hydrogen-bond donors (Lipinski definition) is 1. The molecular formula is C17H12F3N3O. The third-order valence-electron chi connectivity index (χ3n) is 3.29. The summed E-state index contributed by atoms with van der Waals surface area (Å²) in [5.74, 6) is -2.51. The molecule has 4 nitrogen and oxygen atoms in total. The molecule has 24 heavy (non-hydrogen) atoms. The predicted molar refractivity (Wildman–Crippen MR) is 82.0 cm³/mol. The van der Waals surface area contributed by atoms with Crippen molar-refractivity contribution in [1.29, 1.82) is 0 Å². The van der Waals surface area contributed by atoms with Crippen LogP contribution in [0, 0.1) is 17.5 Å². The van der Waals surface area contributed by atoms with Gasteiger partial charge in [0, 0.05) is 12.3 Å². The first kappa shape index (κ1) is 15.8. The van der Waals surface area contributed by atoms with Crippen LogP contribution in [-0.4, -0.2) is 15.7 Å². The SMILES string of the molecule is O=C(Nc1ccn(Cc2cccc(F)c2)n1)c1cc(F)ccc1F. The molecule has 122 valence electrons. The van der Waals surface area contributed by atoms with E-state index in [9.17, 15) is 18.0 Å². The maximum absolute atomic E-state index is 13.6. The number of amides is 1. The van der Waals surface area contributed by atoms with Crippen LogP contribution in [-0.2, 0) is 6.54 Å². The Hall–Kier alpha value is -3.09. The van der Waals surface area contributed by atoms with E-state index in [0.717, 1.165) is 18.2 Å². The number of anilines is 1. The number of aromatic nitrogens is 2. The minimum absolute atomic E-state index is 0.181. The second kappa shape index (κ2) is 6.57. The van der Waals surface area contributed by atoms with E-state index >= 15 is 0 Å². The van der Waals surface area contributed by atoms with Gasteiger partial charge in [-0.25, -0.2) is 13.2 Å². The molecule has 1 aromatic heterocycles. The number of carbonyl (C=O) groups excluding carboxylic acids is 1. The number of hydrogen-bond acceptors (Lipinski definition) is 2. The molecule has 1 heterocycles. The highest BCUT2D eigenvalue weighted by molar-refractivity contribution is 6.03. The topological polar surface area (TPSA) is 46.9 Å². The Morgan fingerprint density at radius 1 is 1.04 bits per heavy atom. The lowest BCUT2D eigenvalue weighted by Gasteiger charge is -2.04. The van der Waals surface area contributed by atoms with Gasteiger partial charge in [0.1, 0.15) is 17.5 Å².